The van der Waals surface area contributed by atoms with E-state index in [2.05, 4.69) is 5.32 Å². The molecule has 23 heavy (non-hydrogen) atoms. The van der Waals surface area contributed by atoms with E-state index in [4.69, 9.17) is 16.3 Å². The summed E-state index contributed by atoms with van der Waals surface area (Å²) in [5.41, 5.74) is -0.140. The molecule has 0 aromatic heterocycles. The van der Waals surface area contributed by atoms with Gasteiger partial charge in [0.05, 0.1) is 17.2 Å². The van der Waals surface area contributed by atoms with Gasteiger partial charge in [-0.15, -0.1) is 0 Å². The standard InChI is InChI=1S/C16H15ClF3NO2/c1-2-23-14-5-3-4-10(15(14)22)9-21-11-6-7-13(17)12(8-11)16(18,19)20/h3-8,21-22H,2,9H2,1H3. The van der Waals surface area contributed by atoms with Gasteiger partial charge in [0, 0.05) is 17.8 Å². The molecule has 2 rings (SSSR count). The van der Waals surface area contributed by atoms with Gasteiger partial charge in [0.25, 0.3) is 0 Å². The van der Waals surface area contributed by atoms with Gasteiger partial charge >= 0.3 is 6.18 Å². The molecule has 2 aromatic carbocycles. The number of alkyl halides is 3. The van der Waals surface area contributed by atoms with E-state index in [1.165, 1.54) is 12.1 Å². The number of halogens is 4. The third-order valence-electron chi connectivity index (χ3n) is 3.14. The number of phenolic OH excluding ortho intramolecular Hbond substituents is 1. The van der Waals surface area contributed by atoms with Crippen LogP contribution in [0.5, 0.6) is 11.5 Å². The molecule has 0 aliphatic heterocycles. The number of nitrogens with one attached hydrogen (secondary N) is 1. The molecule has 0 fully saturated rings. The van der Waals surface area contributed by atoms with Crippen LogP contribution in [0.2, 0.25) is 5.02 Å². The zero-order valence-corrected chi connectivity index (χ0v) is 13.0. The Balaban J connectivity index is 2.17. The Labute approximate surface area is 136 Å². The first-order chi connectivity index (χ1) is 10.8. The van der Waals surface area contributed by atoms with Crippen molar-refractivity contribution in [2.24, 2.45) is 0 Å². The van der Waals surface area contributed by atoms with Crippen molar-refractivity contribution in [1.82, 2.24) is 0 Å². The van der Waals surface area contributed by atoms with Crippen molar-refractivity contribution in [2.75, 3.05) is 11.9 Å². The Morgan fingerprint density at radius 3 is 2.61 bits per heavy atom. The maximum atomic E-state index is 12.8. The van der Waals surface area contributed by atoms with E-state index in [0.717, 1.165) is 6.07 Å². The number of ether oxygens (including phenoxy) is 1. The summed E-state index contributed by atoms with van der Waals surface area (Å²) >= 11 is 5.57. The molecule has 0 heterocycles. The topological polar surface area (TPSA) is 41.5 Å². The van der Waals surface area contributed by atoms with E-state index >= 15 is 0 Å². The summed E-state index contributed by atoms with van der Waals surface area (Å²) in [6, 6.07) is 8.54. The maximum Gasteiger partial charge on any atom is 0.417 e. The van der Waals surface area contributed by atoms with Gasteiger partial charge in [-0.3, -0.25) is 0 Å². The second-order valence-corrected chi connectivity index (χ2v) is 5.15. The van der Waals surface area contributed by atoms with Gasteiger partial charge in [-0.2, -0.15) is 13.2 Å². The summed E-state index contributed by atoms with van der Waals surface area (Å²) in [6.45, 7) is 2.33. The number of hydrogen-bond donors (Lipinski definition) is 2. The first kappa shape index (κ1) is 17.3. The third-order valence-corrected chi connectivity index (χ3v) is 3.47. The zero-order valence-electron chi connectivity index (χ0n) is 12.2. The molecule has 3 nitrogen and oxygen atoms in total. The molecule has 0 aliphatic carbocycles. The van der Waals surface area contributed by atoms with Gasteiger partial charge < -0.3 is 15.2 Å². The summed E-state index contributed by atoms with van der Waals surface area (Å²) in [4.78, 5) is 0. The highest BCUT2D eigenvalue weighted by Gasteiger charge is 2.33. The molecule has 0 saturated carbocycles. The quantitative estimate of drug-likeness (QED) is 0.794. The van der Waals surface area contributed by atoms with Gasteiger partial charge in [0.2, 0.25) is 0 Å². The molecular formula is C16H15ClF3NO2. The van der Waals surface area contributed by atoms with Crippen molar-refractivity contribution in [1.29, 1.82) is 0 Å². The summed E-state index contributed by atoms with van der Waals surface area (Å²) in [6.07, 6.45) is -4.52. The molecule has 7 heteroatoms. The molecule has 0 unspecified atom stereocenters. The Morgan fingerprint density at radius 1 is 1.22 bits per heavy atom. The molecule has 0 spiro atoms. The van der Waals surface area contributed by atoms with Crippen LogP contribution in [-0.2, 0) is 12.7 Å². The average Bonchev–Trinajstić information content (AvgIpc) is 2.48. The minimum Gasteiger partial charge on any atom is -0.504 e. The minimum atomic E-state index is -4.52. The monoisotopic (exact) mass is 345 g/mol. The van der Waals surface area contributed by atoms with Crippen LogP contribution in [0.25, 0.3) is 0 Å². The first-order valence-electron chi connectivity index (χ1n) is 6.87. The fourth-order valence-corrected chi connectivity index (χ4v) is 2.26. The lowest BCUT2D eigenvalue weighted by molar-refractivity contribution is -0.137. The van der Waals surface area contributed by atoms with Crippen molar-refractivity contribution in [3.63, 3.8) is 0 Å². The van der Waals surface area contributed by atoms with Crippen LogP contribution < -0.4 is 10.1 Å². The lowest BCUT2D eigenvalue weighted by Crippen LogP contribution is -2.07. The summed E-state index contributed by atoms with van der Waals surface area (Å²) < 4.78 is 43.7. The molecule has 0 bridgehead atoms. The van der Waals surface area contributed by atoms with E-state index in [9.17, 15) is 18.3 Å². The van der Waals surface area contributed by atoms with Crippen LogP contribution in [0, 0.1) is 0 Å². The average molecular weight is 346 g/mol. The van der Waals surface area contributed by atoms with Crippen LogP contribution in [0.4, 0.5) is 18.9 Å². The predicted octanol–water partition coefficient (Wildman–Crippen LogP) is 5.08. The van der Waals surface area contributed by atoms with Crippen molar-refractivity contribution in [3.05, 3.63) is 52.5 Å². The molecular weight excluding hydrogens is 331 g/mol. The summed E-state index contributed by atoms with van der Waals surface area (Å²) in [7, 11) is 0. The molecule has 0 aliphatic rings. The predicted molar refractivity (Wildman–Crippen MR) is 83.1 cm³/mol. The summed E-state index contributed by atoms with van der Waals surface area (Å²) in [5, 5.41) is 12.5. The van der Waals surface area contributed by atoms with Gasteiger partial charge in [-0.1, -0.05) is 23.7 Å². The van der Waals surface area contributed by atoms with E-state index in [1.54, 1.807) is 25.1 Å². The molecule has 2 aromatic rings. The number of para-hydroxylation sites is 1. The highest BCUT2D eigenvalue weighted by molar-refractivity contribution is 6.31. The lowest BCUT2D eigenvalue weighted by Gasteiger charge is -2.14. The first-order valence-corrected chi connectivity index (χ1v) is 7.25. The zero-order chi connectivity index (χ0) is 17.0. The van der Waals surface area contributed by atoms with Crippen molar-refractivity contribution in [3.8, 4) is 11.5 Å². The van der Waals surface area contributed by atoms with E-state index in [-0.39, 0.29) is 23.0 Å². The molecule has 2 N–H and O–H groups in total. The van der Waals surface area contributed by atoms with E-state index in [0.29, 0.717) is 17.9 Å². The number of phenols is 1. The van der Waals surface area contributed by atoms with Crippen molar-refractivity contribution < 1.29 is 23.0 Å². The maximum absolute atomic E-state index is 12.8. The van der Waals surface area contributed by atoms with Gasteiger partial charge in [0.15, 0.2) is 11.5 Å². The number of aromatic hydroxyl groups is 1. The van der Waals surface area contributed by atoms with E-state index in [1.807, 2.05) is 0 Å². The molecule has 0 saturated heterocycles. The van der Waals surface area contributed by atoms with Crippen LogP contribution in [0.3, 0.4) is 0 Å². The lowest BCUT2D eigenvalue weighted by atomic mass is 10.1. The fraction of sp³-hybridized carbons (Fsp3) is 0.250. The van der Waals surface area contributed by atoms with E-state index < -0.39 is 11.7 Å². The SMILES string of the molecule is CCOc1cccc(CNc2ccc(Cl)c(C(F)(F)F)c2)c1O. The molecule has 124 valence electrons. The van der Waals surface area contributed by atoms with Crippen LogP contribution >= 0.6 is 11.6 Å². The van der Waals surface area contributed by atoms with Gasteiger partial charge in [-0.05, 0) is 31.2 Å². The Bertz CT molecular complexity index is 690. The number of benzene rings is 2. The van der Waals surface area contributed by atoms with Crippen molar-refractivity contribution >= 4 is 17.3 Å². The Kier molecular flexibility index (Phi) is 5.26. The number of hydrogen-bond acceptors (Lipinski definition) is 3. The third kappa shape index (κ3) is 4.22. The van der Waals surface area contributed by atoms with Gasteiger partial charge in [-0.25, -0.2) is 0 Å². The van der Waals surface area contributed by atoms with Gasteiger partial charge in [0.1, 0.15) is 0 Å². The second-order valence-electron chi connectivity index (χ2n) is 4.74. The normalized spacial score (nSPS) is 11.3. The second kappa shape index (κ2) is 7.00. The summed E-state index contributed by atoms with van der Waals surface area (Å²) in [5.74, 6) is 0.297. The minimum absolute atomic E-state index is 0.0353. The van der Waals surface area contributed by atoms with Crippen molar-refractivity contribution in [2.45, 2.75) is 19.6 Å². The number of anilines is 1. The highest BCUT2D eigenvalue weighted by atomic mass is 35.5. The highest BCUT2D eigenvalue weighted by Crippen LogP contribution is 2.36. The van der Waals surface area contributed by atoms with Crippen LogP contribution in [0.15, 0.2) is 36.4 Å². The molecule has 0 atom stereocenters. The molecule has 0 radical (unpaired) electrons. The molecule has 0 amide bonds. The van der Waals surface area contributed by atoms with Crippen LogP contribution in [0.1, 0.15) is 18.1 Å². The van der Waals surface area contributed by atoms with Crippen LogP contribution in [-0.4, -0.2) is 11.7 Å². The Hall–Kier alpha value is -2.08. The number of rotatable bonds is 5. The smallest absolute Gasteiger partial charge is 0.417 e. The fourth-order valence-electron chi connectivity index (χ4n) is 2.03. The largest absolute Gasteiger partial charge is 0.504 e. The Morgan fingerprint density at radius 2 is 1.96 bits per heavy atom.